The van der Waals surface area contributed by atoms with Crippen molar-refractivity contribution >= 4 is 0 Å². The third kappa shape index (κ3) is 5.09. The van der Waals surface area contributed by atoms with Crippen LogP contribution in [0.15, 0.2) is 12.1 Å². The Hall–Kier alpha value is -1.43. The lowest BCUT2D eigenvalue weighted by Gasteiger charge is -2.18. The fourth-order valence-corrected chi connectivity index (χ4v) is 2.31. The van der Waals surface area contributed by atoms with Crippen LogP contribution >= 0.6 is 0 Å². The Kier molecular flexibility index (Phi) is 7.51. The van der Waals surface area contributed by atoms with Crippen LogP contribution in [-0.2, 0) is 12.8 Å². The number of hydrogen-bond acceptors (Lipinski definition) is 3. The Morgan fingerprint density at radius 3 is 1.91 bits per heavy atom. The van der Waals surface area contributed by atoms with Gasteiger partial charge < -0.3 is 15.2 Å². The number of hydrogen-bond donors (Lipinski definition) is 1. The molecule has 1 rings (SSSR count). The summed E-state index contributed by atoms with van der Waals surface area (Å²) in [6.07, 6.45) is -3.67. The first-order valence-electron chi connectivity index (χ1n) is 7.26. The summed E-state index contributed by atoms with van der Waals surface area (Å²) in [5.41, 5.74) is 7.12. The molecule has 0 spiro atoms. The largest absolute Gasteiger partial charge is 0.496 e. The lowest BCUT2D eigenvalue weighted by molar-refractivity contribution is 0.147. The highest BCUT2D eigenvalue weighted by atomic mass is 19.2. The maximum absolute atomic E-state index is 13.9. The molecule has 0 aliphatic heterocycles. The first-order valence-corrected chi connectivity index (χ1v) is 7.26. The van der Waals surface area contributed by atoms with Crippen LogP contribution in [0.25, 0.3) is 0 Å². The van der Waals surface area contributed by atoms with Gasteiger partial charge in [-0.15, -0.1) is 0 Å². The van der Waals surface area contributed by atoms with Crippen molar-refractivity contribution in [2.45, 2.75) is 44.6 Å². The van der Waals surface area contributed by atoms with Crippen LogP contribution in [0.1, 0.15) is 24.5 Å². The predicted molar refractivity (Wildman–Crippen MR) is 81.0 cm³/mol. The van der Waals surface area contributed by atoms with Crippen molar-refractivity contribution in [3.63, 3.8) is 0 Å². The summed E-state index contributed by atoms with van der Waals surface area (Å²) < 4.78 is 50.0. The number of methoxy groups -OCH3 is 2. The standard InChI is InChI=1S/C16H24F3NO2/c1-10(20)6-11-8-16(22-3)12(9-15(11)21-2)7-14(19)13(18)4-5-17/h8-10,13-14H,4-7,20H2,1-3H3. The van der Waals surface area contributed by atoms with E-state index in [1.54, 1.807) is 12.1 Å². The van der Waals surface area contributed by atoms with Crippen LogP contribution in [0.3, 0.4) is 0 Å². The zero-order chi connectivity index (χ0) is 16.7. The van der Waals surface area contributed by atoms with Crippen molar-refractivity contribution in [1.29, 1.82) is 0 Å². The molecule has 0 aromatic heterocycles. The Morgan fingerprint density at radius 1 is 1.00 bits per heavy atom. The van der Waals surface area contributed by atoms with Crippen LogP contribution in [-0.4, -0.2) is 39.3 Å². The van der Waals surface area contributed by atoms with E-state index >= 15 is 0 Å². The maximum atomic E-state index is 13.9. The van der Waals surface area contributed by atoms with E-state index in [0.29, 0.717) is 23.5 Å². The number of ether oxygens (including phenoxy) is 2. The topological polar surface area (TPSA) is 44.5 Å². The van der Waals surface area contributed by atoms with Crippen molar-refractivity contribution in [3.05, 3.63) is 23.3 Å². The Labute approximate surface area is 129 Å². The molecule has 6 heteroatoms. The minimum absolute atomic E-state index is 0.0712. The van der Waals surface area contributed by atoms with E-state index in [-0.39, 0.29) is 12.5 Å². The molecule has 0 saturated heterocycles. The van der Waals surface area contributed by atoms with Gasteiger partial charge in [-0.2, -0.15) is 0 Å². The van der Waals surface area contributed by atoms with Crippen molar-refractivity contribution in [3.8, 4) is 11.5 Å². The number of alkyl halides is 3. The molecule has 3 nitrogen and oxygen atoms in total. The van der Waals surface area contributed by atoms with Gasteiger partial charge in [-0.3, -0.25) is 4.39 Å². The summed E-state index contributed by atoms with van der Waals surface area (Å²) in [5.74, 6) is 1.01. The van der Waals surface area contributed by atoms with E-state index in [1.807, 2.05) is 6.92 Å². The summed E-state index contributed by atoms with van der Waals surface area (Å²) in [5, 5.41) is 0. The second-order valence-corrected chi connectivity index (χ2v) is 5.37. The van der Waals surface area contributed by atoms with E-state index in [1.165, 1.54) is 14.2 Å². The molecule has 0 amide bonds. The SMILES string of the molecule is COc1cc(CC(F)C(F)CCF)c(OC)cc1CC(C)N. The van der Waals surface area contributed by atoms with Gasteiger partial charge in [-0.1, -0.05) is 0 Å². The molecule has 0 bridgehead atoms. The second kappa shape index (κ2) is 8.88. The Balaban J connectivity index is 3.03. The van der Waals surface area contributed by atoms with Gasteiger partial charge in [-0.05, 0) is 31.0 Å². The molecular weight excluding hydrogens is 295 g/mol. The summed E-state index contributed by atoms with van der Waals surface area (Å²) in [6.45, 7) is 0.984. The van der Waals surface area contributed by atoms with Gasteiger partial charge in [0.2, 0.25) is 0 Å². The molecule has 0 aliphatic rings. The third-order valence-electron chi connectivity index (χ3n) is 3.42. The number of halogens is 3. The average molecular weight is 319 g/mol. The Bertz CT molecular complexity index is 469. The van der Waals surface area contributed by atoms with E-state index in [4.69, 9.17) is 15.2 Å². The summed E-state index contributed by atoms with van der Waals surface area (Å²) in [6, 6.07) is 3.29. The fourth-order valence-electron chi connectivity index (χ4n) is 2.31. The van der Waals surface area contributed by atoms with Crippen LogP contribution in [0.4, 0.5) is 13.2 Å². The highest BCUT2D eigenvalue weighted by Gasteiger charge is 2.23. The molecule has 0 heterocycles. The zero-order valence-corrected chi connectivity index (χ0v) is 13.2. The minimum atomic E-state index is -1.83. The summed E-state index contributed by atoms with van der Waals surface area (Å²) in [7, 11) is 2.97. The molecule has 22 heavy (non-hydrogen) atoms. The van der Waals surface area contributed by atoms with Gasteiger partial charge in [0.15, 0.2) is 0 Å². The Morgan fingerprint density at radius 2 is 1.50 bits per heavy atom. The molecule has 0 aliphatic carbocycles. The van der Waals surface area contributed by atoms with Gasteiger partial charge in [0.25, 0.3) is 0 Å². The van der Waals surface area contributed by atoms with Gasteiger partial charge in [-0.25, -0.2) is 8.78 Å². The van der Waals surface area contributed by atoms with Crippen LogP contribution in [0, 0.1) is 0 Å². The van der Waals surface area contributed by atoms with Crippen molar-refractivity contribution in [2.24, 2.45) is 5.73 Å². The lowest BCUT2D eigenvalue weighted by Crippen LogP contribution is -2.21. The van der Waals surface area contributed by atoms with Crippen LogP contribution in [0.2, 0.25) is 0 Å². The first-order chi connectivity index (χ1) is 10.4. The van der Waals surface area contributed by atoms with Gasteiger partial charge in [0, 0.05) is 24.4 Å². The number of nitrogens with two attached hydrogens (primary N) is 1. The van der Waals surface area contributed by atoms with Crippen molar-refractivity contribution in [1.82, 2.24) is 0 Å². The normalized spacial score (nSPS) is 15.2. The molecule has 0 radical (unpaired) electrons. The number of benzene rings is 1. The lowest BCUT2D eigenvalue weighted by atomic mass is 9.98. The molecular formula is C16H24F3NO2. The summed E-state index contributed by atoms with van der Waals surface area (Å²) in [4.78, 5) is 0. The monoisotopic (exact) mass is 319 g/mol. The maximum Gasteiger partial charge on any atom is 0.135 e. The van der Waals surface area contributed by atoms with E-state index in [9.17, 15) is 13.2 Å². The van der Waals surface area contributed by atoms with Crippen molar-refractivity contribution < 1.29 is 22.6 Å². The van der Waals surface area contributed by atoms with E-state index < -0.39 is 25.4 Å². The van der Waals surface area contributed by atoms with Gasteiger partial charge in [0.1, 0.15) is 23.8 Å². The van der Waals surface area contributed by atoms with Crippen molar-refractivity contribution in [2.75, 3.05) is 20.9 Å². The van der Waals surface area contributed by atoms with Crippen LogP contribution in [0.5, 0.6) is 11.5 Å². The zero-order valence-electron chi connectivity index (χ0n) is 13.2. The molecule has 3 atom stereocenters. The van der Waals surface area contributed by atoms with Crippen LogP contribution < -0.4 is 15.2 Å². The quantitative estimate of drug-likeness (QED) is 0.760. The molecule has 1 aromatic carbocycles. The molecule has 1 aromatic rings. The number of rotatable bonds is 9. The first kappa shape index (κ1) is 18.6. The highest BCUT2D eigenvalue weighted by molar-refractivity contribution is 5.47. The minimum Gasteiger partial charge on any atom is -0.496 e. The molecule has 3 unspecified atom stereocenters. The predicted octanol–water partition coefficient (Wildman–Crippen LogP) is 3.17. The van der Waals surface area contributed by atoms with E-state index in [2.05, 4.69) is 0 Å². The fraction of sp³-hybridized carbons (Fsp3) is 0.625. The average Bonchev–Trinajstić information content (AvgIpc) is 2.47. The van der Waals surface area contributed by atoms with Gasteiger partial charge >= 0.3 is 0 Å². The van der Waals surface area contributed by atoms with Gasteiger partial charge in [0.05, 0.1) is 20.9 Å². The third-order valence-corrected chi connectivity index (χ3v) is 3.42. The molecule has 0 saturated carbocycles. The van der Waals surface area contributed by atoms with E-state index in [0.717, 1.165) is 5.56 Å². The summed E-state index contributed by atoms with van der Waals surface area (Å²) >= 11 is 0. The highest BCUT2D eigenvalue weighted by Crippen LogP contribution is 2.31. The second-order valence-electron chi connectivity index (χ2n) is 5.37. The smallest absolute Gasteiger partial charge is 0.135 e. The molecule has 0 fully saturated rings. The molecule has 2 N–H and O–H groups in total. The molecule has 126 valence electrons.